The Morgan fingerprint density at radius 3 is 2.64 bits per heavy atom. The number of hydrogen-bond donors (Lipinski definition) is 2. The van der Waals surface area contributed by atoms with E-state index in [2.05, 4.69) is 23.7 Å². The highest BCUT2D eigenvalue weighted by molar-refractivity contribution is 6.11. The van der Waals surface area contributed by atoms with Crippen LogP contribution in [-0.4, -0.2) is 21.6 Å². The lowest BCUT2D eigenvalue weighted by Gasteiger charge is -2.12. The maximum absolute atomic E-state index is 12.1. The molecular formula is C17H20N2O3. The maximum Gasteiger partial charge on any atom is 0.319 e. The zero-order valence-corrected chi connectivity index (χ0v) is 12.8. The first-order valence-electron chi connectivity index (χ1n) is 7.56. The zero-order valence-electron chi connectivity index (χ0n) is 12.8. The van der Waals surface area contributed by atoms with Gasteiger partial charge < -0.3 is 15.0 Å². The highest BCUT2D eigenvalue weighted by Crippen LogP contribution is 2.46. The van der Waals surface area contributed by atoms with Crippen LogP contribution >= 0.6 is 0 Å². The van der Waals surface area contributed by atoms with Crippen LogP contribution in [0, 0.1) is 11.3 Å². The minimum atomic E-state index is -1.21. The highest BCUT2D eigenvalue weighted by atomic mass is 16.4. The van der Waals surface area contributed by atoms with Gasteiger partial charge in [-0.15, -0.1) is 0 Å². The third-order valence-corrected chi connectivity index (χ3v) is 4.18. The van der Waals surface area contributed by atoms with Crippen LogP contribution in [-0.2, 0) is 16.1 Å². The molecule has 0 aliphatic heterocycles. The van der Waals surface area contributed by atoms with Gasteiger partial charge in [0.25, 0.3) is 0 Å². The summed E-state index contributed by atoms with van der Waals surface area (Å²) in [6.07, 6.45) is 2.87. The summed E-state index contributed by atoms with van der Waals surface area (Å²) in [5.41, 5.74) is 0.553. The van der Waals surface area contributed by atoms with Crippen molar-refractivity contribution in [3.05, 3.63) is 30.5 Å². The lowest BCUT2D eigenvalue weighted by atomic mass is 10.1. The van der Waals surface area contributed by atoms with Crippen LogP contribution < -0.4 is 5.32 Å². The molecule has 5 heteroatoms. The van der Waals surface area contributed by atoms with E-state index in [-0.39, 0.29) is 0 Å². The number of nitrogens with one attached hydrogen (secondary N) is 1. The van der Waals surface area contributed by atoms with E-state index in [1.807, 2.05) is 30.5 Å². The van der Waals surface area contributed by atoms with Crippen molar-refractivity contribution in [2.24, 2.45) is 11.3 Å². The summed E-state index contributed by atoms with van der Waals surface area (Å²) in [5, 5.41) is 12.9. The van der Waals surface area contributed by atoms with Gasteiger partial charge in [-0.1, -0.05) is 13.8 Å². The van der Waals surface area contributed by atoms with Gasteiger partial charge >= 0.3 is 5.97 Å². The first-order chi connectivity index (χ1) is 10.4. The molecule has 1 heterocycles. The van der Waals surface area contributed by atoms with E-state index in [1.54, 1.807) is 0 Å². The number of fused-ring (bicyclic) bond motifs is 1. The predicted octanol–water partition coefficient (Wildman–Crippen LogP) is 3.10. The van der Waals surface area contributed by atoms with E-state index in [0.717, 1.165) is 17.4 Å². The fourth-order valence-corrected chi connectivity index (χ4v) is 2.74. The average molecular weight is 300 g/mol. The second kappa shape index (κ2) is 5.16. The molecule has 1 aromatic carbocycles. The Hall–Kier alpha value is -2.30. The van der Waals surface area contributed by atoms with Crippen LogP contribution in [0.4, 0.5) is 5.69 Å². The molecule has 1 aromatic heterocycles. The Balaban J connectivity index is 1.81. The van der Waals surface area contributed by atoms with Crippen molar-refractivity contribution >= 4 is 28.5 Å². The molecule has 0 spiro atoms. The van der Waals surface area contributed by atoms with Gasteiger partial charge in [-0.2, -0.15) is 0 Å². The van der Waals surface area contributed by atoms with Gasteiger partial charge in [0.15, 0.2) is 0 Å². The summed E-state index contributed by atoms with van der Waals surface area (Å²) in [7, 11) is 0. The monoisotopic (exact) mass is 300 g/mol. The van der Waals surface area contributed by atoms with Crippen LogP contribution in [0.15, 0.2) is 30.5 Å². The van der Waals surface area contributed by atoms with Crippen molar-refractivity contribution in [1.29, 1.82) is 0 Å². The summed E-state index contributed by atoms with van der Waals surface area (Å²) in [4.78, 5) is 23.3. The van der Waals surface area contributed by atoms with Crippen molar-refractivity contribution in [3.8, 4) is 0 Å². The topological polar surface area (TPSA) is 71.3 Å². The molecule has 1 amide bonds. The molecule has 5 nitrogen and oxygen atoms in total. The largest absolute Gasteiger partial charge is 0.480 e. The number of benzene rings is 1. The quantitative estimate of drug-likeness (QED) is 0.833. The molecule has 1 aliphatic rings. The normalized spacial score (nSPS) is 16.0. The number of carboxylic acids is 1. The van der Waals surface area contributed by atoms with E-state index in [9.17, 15) is 9.59 Å². The van der Waals surface area contributed by atoms with Crippen molar-refractivity contribution < 1.29 is 14.7 Å². The Labute approximate surface area is 128 Å². The van der Waals surface area contributed by atoms with Gasteiger partial charge in [0.05, 0.1) is 0 Å². The predicted molar refractivity (Wildman–Crippen MR) is 84.7 cm³/mol. The zero-order chi connectivity index (χ0) is 15.9. The summed E-state index contributed by atoms with van der Waals surface area (Å²) >= 11 is 0. The standard InChI is InChI=1S/C17H20N2O3/c1-11(2)10-19-8-5-12-9-13(3-4-14(12)19)18-15(20)17(6-7-17)16(21)22/h3-5,8-9,11H,6-7,10H2,1-2H3,(H,18,20)(H,21,22). The molecule has 22 heavy (non-hydrogen) atoms. The Bertz CT molecular complexity index is 741. The van der Waals surface area contributed by atoms with Gasteiger partial charge in [0.2, 0.25) is 5.91 Å². The number of nitrogens with zero attached hydrogens (tertiary/aromatic N) is 1. The van der Waals surface area contributed by atoms with Gasteiger partial charge in [0, 0.05) is 29.3 Å². The van der Waals surface area contributed by atoms with E-state index in [4.69, 9.17) is 5.11 Å². The lowest BCUT2D eigenvalue weighted by molar-refractivity contribution is -0.147. The minimum Gasteiger partial charge on any atom is -0.480 e. The summed E-state index contributed by atoms with van der Waals surface area (Å²) in [5.74, 6) is -0.893. The van der Waals surface area contributed by atoms with E-state index >= 15 is 0 Å². The lowest BCUT2D eigenvalue weighted by Crippen LogP contribution is -2.31. The fraction of sp³-hybridized carbons (Fsp3) is 0.412. The smallest absolute Gasteiger partial charge is 0.319 e. The SMILES string of the molecule is CC(C)Cn1ccc2cc(NC(=O)C3(C(=O)O)CC3)ccc21. The van der Waals surface area contributed by atoms with Crippen molar-refractivity contribution in [2.75, 3.05) is 5.32 Å². The number of carbonyl (C=O) groups excluding carboxylic acids is 1. The number of rotatable bonds is 5. The molecule has 1 aliphatic carbocycles. The number of carboxylic acid groups (broad SMARTS) is 1. The van der Waals surface area contributed by atoms with Crippen molar-refractivity contribution in [3.63, 3.8) is 0 Å². The van der Waals surface area contributed by atoms with Crippen molar-refractivity contribution in [2.45, 2.75) is 33.2 Å². The van der Waals surface area contributed by atoms with Crippen LogP contribution in [0.25, 0.3) is 10.9 Å². The van der Waals surface area contributed by atoms with E-state index < -0.39 is 17.3 Å². The van der Waals surface area contributed by atoms with Crippen LogP contribution in [0.1, 0.15) is 26.7 Å². The molecule has 2 N–H and O–H groups in total. The molecule has 1 fully saturated rings. The molecule has 3 rings (SSSR count). The summed E-state index contributed by atoms with van der Waals surface area (Å²) in [6.45, 7) is 5.28. The van der Waals surface area contributed by atoms with Gasteiger partial charge in [0.1, 0.15) is 5.41 Å². The van der Waals surface area contributed by atoms with Gasteiger partial charge in [-0.05, 0) is 43.0 Å². The first-order valence-corrected chi connectivity index (χ1v) is 7.56. The number of amides is 1. The Morgan fingerprint density at radius 2 is 2.05 bits per heavy atom. The average Bonchev–Trinajstić information content (AvgIpc) is 3.18. The number of anilines is 1. The second-order valence-corrected chi connectivity index (χ2v) is 6.48. The minimum absolute atomic E-state index is 0.416. The molecule has 116 valence electrons. The van der Waals surface area contributed by atoms with E-state index in [1.165, 1.54) is 0 Å². The second-order valence-electron chi connectivity index (χ2n) is 6.48. The highest BCUT2D eigenvalue weighted by Gasteiger charge is 2.57. The van der Waals surface area contributed by atoms with Crippen molar-refractivity contribution in [1.82, 2.24) is 4.57 Å². The maximum atomic E-state index is 12.1. The first kappa shape index (κ1) is 14.6. The number of aromatic nitrogens is 1. The Morgan fingerprint density at radius 1 is 1.32 bits per heavy atom. The van der Waals surface area contributed by atoms with Crippen LogP contribution in [0.2, 0.25) is 0 Å². The van der Waals surface area contributed by atoms with E-state index in [0.29, 0.717) is 24.4 Å². The summed E-state index contributed by atoms with van der Waals surface area (Å²) < 4.78 is 2.19. The fourth-order valence-electron chi connectivity index (χ4n) is 2.74. The number of aliphatic carboxylic acids is 1. The number of hydrogen-bond acceptors (Lipinski definition) is 2. The number of carbonyl (C=O) groups is 2. The molecule has 0 unspecified atom stereocenters. The molecular weight excluding hydrogens is 280 g/mol. The van der Waals surface area contributed by atoms with Gasteiger partial charge in [-0.3, -0.25) is 9.59 Å². The molecule has 0 bridgehead atoms. The molecule has 0 saturated heterocycles. The molecule has 0 radical (unpaired) electrons. The molecule has 0 atom stereocenters. The third-order valence-electron chi connectivity index (χ3n) is 4.18. The van der Waals surface area contributed by atoms with Crippen LogP contribution in [0.5, 0.6) is 0 Å². The molecule has 1 saturated carbocycles. The summed E-state index contributed by atoms with van der Waals surface area (Å²) in [6, 6.07) is 7.70. The third kappa shape index (κ3) is 2.47. The Kier molecular flexibility index (Phi) is 3.43. The van der Waals surface area contributed by atoms with Crippen LogP contribution in [0.3, 0.4) is 0 Å². The van der Waals surface area contributed by atoms with Gasteiger partial charge in [-0.25, -0.2) is 0 Å². The molecule has 2 aromatic rings.